The molecule has 3 rings (SSSR count). The van der Waals surface area contributed by atoms with Crippen molar-refractivity contribution < 1.29 is 14.3 Å². The number of para-hydroxylation sites is 2. The van der Waals surface area contributed by atoms with Crippen LogP contribution in [0.1, 0.15) is 26.7 Å². The first-order valence-electron chi connectivity index (χ1n) is 10.0. The third-order valence-corrected chi connectivity index (χ3v) is 4.54. The van der Waals surface area contributed by atoms with Gasteiger partial charge in [0.1, 0.15) is 11.5 Å². The fourth-order valence-electron chi connectivity index (χ4n) is 2.87. The summed E-state index contributed by atoms with van der Waals surface area (Å²) in [5.41, 5.74) is 2.90. The van der Waals surface area contributed by atoms with Crippen molar-refractivity contribution in [2.75, 3.05) is 11.9 Å². The summed E-state index contributed by atoms with van der Waals surface area (Å²) in [6, 6.07) is 25.3. The summed E-state index contributed by atoms with van der Waals surface area (Å²) < 4.78 is 11.6. The maximum absolute atomic E-state index is 12.6. The molecule has 0 saturated heterocycles. The molecule has 3 aromatic rings. The fraction of sp³-hybridized carbons (Fsp3) is 0.240. The number of unbranched alkanes of at least 4 members (excludes halogenated alkanes) is 1. The molecule has 0 unspecified atom stereocenters. The quantitative estimate of drug-likeness (QED) is 0.461. The normalized spacial score (nSPS) is 11.5. The Labute approximate surface area is 172 Å². The Balaban J connectivity index is 1.60. The van der Waals surface area contributed by atoms with Gasteiger partial charge in [0, 0.05) is 0 Å². The smallest absolute Gasteiger partial charge is 0.265 e. The highest BCUT2D eigenvalue weighted by atomic mass is 16.5. The van der Waals surface area contributed by atoms with Crippen LogP contribution in [0.2, 0.25) is 0 Å². The van der Waals surface area contributed by atoms with Crippen molar-refractivity contribution in [1.29, 1.82) is 0 Å². The molecule has 1 N–H and O–H groups in total. The van der Waals surface area contributed by atoms with E-state index >= 15 is 0 Å². The number of nitrogens with one attached hydrogen (secondary N) is 1. The highest BCUT2D eigenvalue weighted by molar-refractivity contribution is 5.95. The molecular formula is C25H27NO3. The highest BCUT2D eigenvalue weighted by Gasteiger charge is 2.16. The summed E-state index contributed by atoms with van der Waals surface area (Å²) in [6.07, 6.45) is 1.39. The number of carbonyl (C=O) groups is 1. The standard InChI is InChI=1S/C25H27NO3/c1-3-4-18-28-24-13-9-8-12-23(24)26-25(27)19(2)29-22-16-14-21(15-17-22)20-10-6-5-7-11-20/h5-17,19H,3-4,18H2,1-2H3,(H,26,27)/t19-/m0/s1. The van der Waals surface area contributed by atoms with Crippen LogP contribution in [0.4, 0.5) is 5.69 Å². The lowest BCUT2D eigenvalue weighted by molar-refractivity contribution is -0.122. The lowest BCUT2D eigenvalue weighted by Gasteiger charge is -2.17. The molecule has 29 heavy (non-hydrogen) atoms. The van der Waals surface area contributed by atoms with Crippen LogP contribution in [-0.4, -0.2) is 18.6 Å². The Morgan fingerprint density at radius 2 is 1.55 bits per heavy atom. The van der Waals surface area contributed by atoms with Crippen molar-refractivity contribution in [1.82, 2.24) is 0 Å². The third kappa shape index (κ3) is 5.85. The Morgan fingerprint density at radius 1 is 0.897 bits per heavy atom. The zero-order valence-electron chi connectivity index (χ0n) is 16.9. The van der Waals surface area contributed by atoms with E-state index < -0.39 is 6.10 Å². The van der Waals surface area contributed by atoms with Crippen LogP contribution < -0.4 is 14.8 Å². The molecule has 0 aliphatic rings. The lowest BCUT2D eigenvalue weighted by Crippen LogP contribution is -2.30. The van der Waals surface area contributed by atoms with Gasteiger partial charge in [0.05, 0.1) is 12.3 Å². The van der Waals surface area contributed by atoms with E-state index in [1.165, 1.54) is 0 Å². The molecule has 150 valence electrons. The van der Waals surface area contributed by atoms with Crippen molar-refractivity contribution in [3.63, 3.8) is 0 Å². The Hall–Kier alpha value is -3.27. The molecule has 0 spiro atoms. The number of carbonyl (C=O) groups excluding carboxylic acids is 1. The molecule has 1 atom stereocenters. The Kier molecular flexibility index (Phi) is 7.28. The first-order chi connectivity index (χ1) is 14.2. The van der Waals surface area contributed by atoms with Gasteiger partial charge >= 0.3 is 0 Å². The zero-order chi connectivity index (χ0) is 20.5. The average Bonchev–Trinajstić information content (AvgIpc) is 2.76. The van der Waals surface area contributed by atoms with Crippen molar-refractivity contribution in [2.24, 2.45) is 0 Å². The highest BCUT2D eigenvalue weighted by Crippen LogP contribution is 2.25. The summed E-state index contributed by atoms with van der Waals surface area (Å²) in [5.74, 6) is 1.11. The molecule has 0 aliphatic heterocycles. The monoisotopic (exact) mass is 389 g/mol. The minimum absolute atomic E-state index is 0.219. The summed E-state index contributed by atoms with van der Waals surface area (Å²) in [6.45, 7) is 4.48. The van der Waals surface area contributed by atoms with E-state index in [2.05, 4.69) is 24.4 Å². The largest absolute Gasteiger partial charge is 0.491 e. The van der Waals surface area contributed by atoms with Crippen molar-refractivity contribution >= 4 is 11.6 Å². The van der Waals surface area contributed by atoms with Gasteiger partial charge < -0.3 is 14.8 Å². The average molecular weight is 389 g/mol. The SMILES string of the molecule is CCCCOc1ccccc1NC(=O)[C@H](C)Oc1ccc(-c2ccccc2)cc1. The molecule has 1 amide bonds. The summed E-state index contributed by atoms with van der Waals surface area (Å²) >= 11 is 0. The second-order valence-corrected chi connectivity index (χ2v) is 6.84. The molecular weight excluding hydrogens is 362 g/mol. The molecule has 0 bridgehead atoms. The van der Waals surface area contributed by atoms with Gasteiger partial charge in [-0.1, -0.05) is 67.9 Å². The van der Waals surface area contributed by atoms with Gasteiger partial charge in [-0.05, 0) is 48.7 Å². The number of anilines is 1. The van der Waals surface area contributed by atoms with E-state index in [1.807, 2.05) is 66.7 Å². The van der Waals surface area contributed by atoms with Gasteiger partial charge in [0.25, 0.3) is 5.91 Å². The van der Waals surface area contributed by atoms with Crippen molar-refractivity contribution in [2.45, 2.75) is 32.8 Å². The van der Waals surface area contributed by atoms with Crippen molar-refractivity contribution in [3.05, 3.63) is 78.9 Å². The number of ether oxygens (including phenoxy) is 2. The van der Waals surface area contributed by atoms with Crippen LogP contribution >= 0.6 is 0 Å². The van der Waals surface area contributed by atoms with E-state index in [0.717, 1.165) is 24.0 Å². The minimum atomic E-state index is -0.638. The van der Waals surface area contributed by atoms with E-state index in [1.54, 1.807) is 6.92 Å². The van der Waals surface area contributed by atoms with E-state index in [9.17, 15) is 4.79 Å². The van der Waals surface area contributed by atoms with Gasteiger partial charge in [0.2, 0.25) is 0 Å². The summed E-state index contributed by atoms with van der Waals surface area (Å²) in [5, 5.41) is 2.91. The van der Waals surface area contributed by atoms with E-state index in [4.69, 9.17) is 9.47 Å². The second-order valence-electron chi connectivity index (χ2n) is 6.84. The second kappa shape index (κ2) is 10.3. The number of benzene rings is 3. The Morgan fingerprint density at radius 3 is 2.28 bits per heavy atom. The number of hydrogen-bond donors (Lipinski definition) is 1. The summed E-state index contributed by atoms with van der Waals surface area (Å²) in [4.78, 5) is 12.6. The lowest BCUT2D eigenvalue weighted by atomic mass is 10.1. The van der Waals surface area contributed by atoms with Gasteiger partial charge in [-0.25, -0.2) is 0 Å². The van der Waals surface area contributed by atoms with Gasteiger partial charge in [-0.2, -0.15) is 0 Å². The van der Waals surface area contributed by atoms with Crippen molar-refractivity contribution in [3.8, 4) is 22.6 Å². The third-order valence-electron chi connectivity index (χ3n) is 4.54. The van der Waals surface area contributed by atoms with Crippen LogP contribution in [0, 0.1) is 0 Å². The molecule has 0 radical (unpaired) electrons. The van der Waals surface area contributed by atoms with Gasteiger partial charge in [-0.15, -0.1) is 0 Å². The molecule has 0 heterocycles. The summed E-state index contributed by atoms with van der Waals surface area (Å²) in [7, 11) is 0. The fourth-order valence-corrected chi connectivity index (χ4v) is 2.87. The van der Waals surface area contributed by atoms with Crippen LogP contribution in [0.15, 0.2) is 78.9 Å². The maximum Gasteiger partial charge on any atom is 0.265 e. The zero-order valence-corrected chi connectivity index (χ0v) is 16.9. The Bertz CT molecular complexity index is 907. The molecule has 4 nitrogen and oxygen atoms in total. The van der Waals surface area contributed by atoms with Gasteiger partial charge in [-0.3, -0.25) is 4.79 Å². The predicted molar refractivity (Wildman–Crippen MR) is 117 cm³/mol. The maximum atomic E-state index is 12.6. The molecule has 4 heteroatoms. The molecule has 0 aliphatic carbocycles. The van der Waals surface area contributed by atoms with Crippen LogP contribution in [0.25, 0.3) is 11.1 Å². The first kappa shape index (κ1) is 20.5. The van der Waals surface area contributed by atoms with Crippen LogP contribution in [0.3, 0.4) is 0 Å². The van der Waals surface area contributed by atoms with Crippen LogP contribution in [-0.2, 0) is 4.79 Å². The van der Waals surface area contributed by atoms with E-state index in [0.29, 0.717) is 23.8 Å². The molecule has 0 fully saturated rings. The topological polar surface area (TPSA) is 47.6 Å². The van der Waals surface area contributed by atoms with Crippen LogP contribution in [0.5, 0.6) is 11.5 Å². The van der Waals surface area contributed by atoms with Gasteiger partial charge in [0.15, 0.2) is 6.10 Å². The number of hydrogen-bond acceptors (Lipinski definition) is 3. The molecule has 0 saturated carbocycles. The molecule has 0 aromatic heterocycles. The number of amides is 1. The number of rotatable bonds is 9. The predicted octanol–water partition coefficient (Wildman–Crippen LogP) is 5.94. The first-order valence-corrected chi connectivity index (χ1v) is 10.0. The molecule has 3 aromatic carbocycles. The minimum Gasteiger partial charge on any atom is -0.491 e. The van der Waals surface area contributed by atoms with E-state index in [-0.39, 0.29) is 5.91 Å².